The van der Waals surface area contributed by atoms with Gasteiger partial charge in [0, 0.05) is 11.5 Å². The number of ether oxygens (including phenoxy) is 1. The molecule has 0 aliphatic rings. The molecular formula is C15H22N2O5S. The number of nitrogens with one attached hydrogen (secondary N) is 2. The van der Waals surface area contributed by atoms with Crippen molar-refractivity contribution in [3.05, 3.63) is 24.3 Å². The Balaban J connectivity index is 2.84. The van der Waals surface area contributed by atoms with E-state index in [1.807, 2.05) is 4.72 Å². The summed E-state index contributed by atoms with van der Waals surface area (Å²) in [5.74, 6) is -0.807. The maximum absolute atomic E-state index is 12.2. The second kappa shape index (κ2) is 6.99. The smallest absolute Gasteiger partial charge is 0.264 e. The fourth-order valence-corrected chi connectivity index (χ4v) is 2.62. The Morgan fingerprint density at radius 3 is 2.35 bits per heavy atom. The predicted molar refractivity (Wildman–Crippen MR) is 85.4 cm³/mol. The SMILES string of the molecule is COc1cccc(S(=O)(=O)NC(=O)[C@H](C)NC(=O)C(C)(C)C)c1. The van der Waals surface area contributed by atoms with Crippen molar-refractivity contribution in [1.82, 2.24) is 10.0 Å². The zero-order valence-electron chi connectivity index (χ0n) is 13.8. The van der Waals surface area contributed by atoms with Gasteiger partial charge in [-0.1, -0.05) is 26.8 Å². The Morgan fingerprint density at radius 2 is 1.83 bits per heavy atom. The molecule has 0 fully saturated rings. The van der Waals surface area contributed by atoms with Crippen molar-refractivity contribution in [3.8, 4) is 5.75 Å². The van der Waals surface area contributed by atoms with Crippen LogP contribution >= 0.6 is 0 Å². The van der Waals surface area contributed by atoms with Crippen LogP contribution in [0.4, 0.5) is 0 Å². The molecular weight excluding hydrogens is 320 g/mol. The molecule has 1 rings (SSSR count). The van der Waals surface area contributed by atoms with E-state index in [-0.39, 0.29) is 10.8 Å². The molecule has 0 heterocycles. The van der Waals surface area contributed by atoms with E-state index in [0.29, 0.717) is 5.75 Å². The summed E-state index contributed by atoms with van der Waals surface area (Å²) in [6, 6.07) is 4.75. The molecule has 8 heteroatoms. The maximum atomic E-state index is 12.2. The standard InChI is InChI=1S/C15H22N2O5S/c1-10(16-14(19)15(2,3)4)13(18)17-23(20,21)12-8-6-7-11(9-12)22-5/h6-10H,1-5H3,(H,16,19)(H,17,18)/t10-/m0/s1. The van der Waals surface area contributed by atoms with E-state index in [4.69, 9.17) is 4.74 Å². The third-order valence-electron chi connectivity index (χ3n) is 3.01. The molecule has 23 heavy (non-hydrogen) atoms. The van der Waals surface area contributed by atoms with Crippen molar-refractivity contribution in [2.75, 3.05) is 7.11 Å². The first-order valence-corrected chi connectivity index (χ1v) is 8.47. The lowest BCUT2D eigenvalue weighted by Crippen LogP contribution is -2.49. The zero-order chi connectivity index (χ0) is 17.8. The van der Waals surface area contributed by atoms with E-state index in [0.717, 1.165) is 0 Å². The lowest BCUT2D eigenvalue weighted by molar-refractivity contribution is -0.132. The first-order valence-electron chi connectivity index (χ1n) is 6.99. The number of carbonyl (C=O) groups is 2. The molecule has 1 atom stereocenters. The quantitative estimate of drug-likeness (QED) is 0.833. The Morgan fingerprint density at radius 1 is 1.22 bits per heavy atom. The van der Waals surface area contributed by atoms with Crippen LogP contribution in [0.1, 0.15) is 27.7 Å². The highest BCUT2D eigenvalue weighted by molar-refractivity contribution is 7.90. The molecule has 0 aromatic heterocycles. The third kappa shape index (κ3) is 5.24. The lowest BCUT2D eigenvalue weighted by Gasteiger charge is -2.21. The highest BCUT2D eigenvalue weighted by Gasteiger charge is 2.27. The van der Waals surface area contributed by atoms with Crippen molar-refractivity contribution in [1.29, 1.82) is 0 Å². The fraction of sp³-hybridized carbons (Fsp3) is 0.467. The van der Waals surface area contributed by atoms with E-state index < -0.39 is 27.4 Å². The van der Waals surface area contributed by atoms with Crippen LogP contribution in [-0.2, 0) is 19.6 Å². The number of hydrogen-bond acceptors (Lipinski definition) is 5. The fourth-order valence-electron chi connectivity index (χ4n) is 1.53. The lowest BCUT2D eigenvalue weighted by atomic mass is 9.95. The van der Waals surface area contributed by atoms with Crippen LogP contribution in [0.15, 0.2) is 29.2 Å². The van der Waals surface area contributed by atoms with E-state index in [2.05, 4.69) is 5.32 Å². The van der Waals surface area contributed by atoms with Gasteiger partial charge >= 0.3 is 0 Å². The Kier molecular flexibility index (Phi) is 5.76. The van der Waals surface area contributed by atoms with E-state index in [1.54, 1.807) is 26.8 Å². The summed E-state index contributed by atoms with van der Waals surface area (Å²) < 4.78 is 31.3. The van der Waals surface area contributed by atoms with Crippen LogP contribution in [0.5, 0.6) is 5.75 Å². The van der Waals surface area contributed by atoms with Gasteiger partial charge in [-0.15, -0.1) is 0 Å². The van der Waals surface area contributed by atoms with Gasteiger partial charge in [0.05, 0.1) is 12.0 Å². The van der Waals surface area contributed by atoms with Crippen LogP contribution in [-0.4, -0.2) is 33.4 Å². The second-order valence-corrected chi connectivity index (χ2v) is 7.78. The molecule has 2 amide bonds. The molecule has 0 radical (unpaired) electrons. The van der Waals surface area contributed by atoms with Crippen molar-refractivity contribution in [2.24, 2.45) is 5.41 Å². The molecule has 7 nitrogen and oxygen atoms in total. The molecule has 128 valence electrons. The van der Waals surface area contributed by atoms with E-state index in [9.17, 15) is 18.0 Å². The first-order chi connectivity index (χ1) is 10.5. The number of benzene rings is 1. The van der Waals surface area contributed by atoms with Crippen LogP contribution < -0.4 is 14.8 Å². The van der Waals surface area contributed by atoms with Crippen LogP contribution in [0, 0.1) is 5.41 Å². The van der Waals surface area contributed by atoms with Crippen molar-refractivity contribution < 1.29 is 22.7 Å². The van der Waals surface area contributed by atoms with Gasteiger partial charge < -0.3 is 10.1 Å². The van der Waals surface area contributed by atoms with Crippen molar-refractivity contribution >= 4 is 21.8 Å². The molecule has 0 spiro atoms. The number of hydrogen-bond donors (Lipinski definition) is 2. The van der Waals surface area contributed by atoms with Crippen LogP contribution in [0.25, 0.3) is 0 Å². The topological polar surface area (TPSA) is 102 Å². The van der Waals surface area contributed by atoms with Gasteiger partial charge in [0.15, 0.2) is 0 Å². The molecule has 0 saturated carbocycles. The zero-order valence-corrected chi connectivity index (χ0v) is 14.7. The number of carbonyl (C=O) groups excluding carboxylic acids is 2. The normalized spacial score (nSPS) is 13.1. The molecule has 0 aliphatic carbocycles. The maximum Gasteiger partial charge on any atom is 0.264 e. The molecule has 1 aromatic rings. The minimum absolute atomic E-state index is 0.0976. The summed E-state index contributed by atoms with van der Waals surface area (Å²) in [7, 11) is -2.63. The Bertz CT molecular complexity index is 692. The monoisotopic (exact) mass is 342 g/mol. The minimum Gasteiger partial charge on any atom is -0.497 e. The Labute approximate surface area is 136 Å². The largest absolute Gasteiger partial charge is 0.497 e. The van der Waals surface area contributed by atoms with Gasteiger partial charge in [-0.25, -0.2) is 13.1 Å². The third-order valence-corrected chi connectivity index (χ3v) is 4.35. The molecule has 2 N–H and O–H groups in total. The predicted octanol–water partition coefficient (Wildman–Crippen LogP) is 1.05. The van der Waals surface area contributed by atoms with E-state index in [1.165, 1.54) is 32.2 Å². The summed E-state index contributed by atoms with van der Waals surface area (Å²) in [5, 5.41) is 2.48. The van der Waals surface area contributed by atoms with Gasteiger partial charge in [0.2, 0.25) is 5.91 Å². The van der Waals surface area contributed by atoms with Gasteiger partial charge in [-0.05, 0) is 19.1 Å². The summed E-state index contributed by atoms with van der Waals surface area (Å²) in [4.78, 5) is 23.8. The second-order valence-electron chi connectivity index (χ2n) is 6.09. The molecule has 0 unspecified atom stereocenters. The summed E-state index contributed by atoms with van der Waals surface area (Å²) in [6.45, 7) is 6.50. The number of amides is 2. The van der Waals surface area contributed by atoms with E-state index >= 15 is 0 Å². The number of methoxy groups -OCH3 is 1. The average molecular weight is 342 g/mol. The first kappa shape index (κ1) is 19.0. The molecule has 0 bridgehead atoms. The van der Waals surface area contributed by atoms with Crippen molar-refractivity contribution in [2.45, 2.75) is 38.6 Å². The highest BCUT2D eigenvalue weighted by Crippen LogP contribution is 2.17. The molecule has 0 aliphatic heterocycles. The average Bonchev–Trinajstić information content (AvgIpc) is 2.45. The van der Waals surface area contributed by atoms with Crippen LogP contribution in [0.2, 0.25) is 0 Å². The van der Waals surface area contributed by atoms with Gasteiger partial charge in [-0.3, -0.25) is 9.59 Å². The minimum atomic E-state index is -4.04. The van der Waals surface area contributed by atoms with Gasteiger partial charge in [-0.2, -0.15) is 0 Å². The van der Waals surface area contributed by atoms with Gasteiger partial charge in [0.1, 0.15) is 11.8 Å². The summed E-state index contributed by atoms with van der Waals surface area (Å²) in [5.41, 5.74) is -0.680. The summed E-state index contributed by atoms with van der Waals surface area (Å²) >= 11 is 0. The molecule has 0 saturated heterocycles. The number of sulfonamides is 1. The summed E-state index contributed by atoms with van der Waals surface area (Å²) in [6.07, 6.45) is 0. The van der Waals surface area contributed by atoms with Gasteiger partial charge in [0.25, 0.3) is 15.9 Å². The Hall–Kier alpha value is -2.09. The van der Waals surface area contributed by atoms with Crippen LogP contribution in [0.3, 0.4) is 0 Å². The highest BCUT2D eigenvalue weighted by atomic mass is 32.2. The molecule has 1 aromatic carbocycles. The van der Waals surface area contributed by atoms with Crippen molar-refractivity contribution in [3.63, 3.8) is 0 Å². The number of rotatable bonds is 5.